The zero-order chi connectivity index (χ0) is 13.6. The molecule has 0 spiro atoms. The van der Waals surface area contributed by atoms with Crippen molar-refractivity contribution in [3.63, 3.8) is 0 Å². The van der Waals surface area contributed by atoms with Gasteiger partial charge in [0.05, 0.1) is 0 Å². The molecule has 1 saturated carbocycles. The maximum atomic E-state index is 12.7. The molecule has 0 radical (unpaired) electrons. The zero-order valence-electron chi connectivity index (χ0n) is 9.64. The molecule has 1 aliphatic rings. The van der Waals surface area contributed by atoms with Gasteiger partial charge in [0, 0.05) is 17.2 Å². The molecule has 1 fully saturated rings. The number of amides is 1. The van der Waals surface area contributed by atoms with Crippen LogP contribution in [0.2, 0.25) is 0 Å². The van der Waals surface area contributed by atoms with Crippen LogP contribution < -0.4 is 5.32 Å². The van der Waals surface area contributed by atoms with Gasteiger partial charge < -0.3 is 9.88 Å². The van der Waals surface area contributed by atoms with E-state index in [2.05, 4.69) is 21.2 Å². The Hall–Kier alpha value is -0.980. The van der Waals surface area contributed by atoms with Crippen molar-refractivity contribution in [1.29, 1.82) is 0 Å². The van der Waals surface area contributed by atoms with E-state index < -0.39 is 17.6 Å². The second-order valence-electron chi connectivity index (χ2n) is 4.36. The highest BCUT2D eigenvalue weighted by Crippen LogP contribution is 2.49. The van der Waals surface area contributed by atoms with E-state index in [0.717, 1.165) is 0 Å². The first-order chi connectivity index (χ1) is 8.29. The van der Waals surface area contributed by atoms with E-state index in [1.54, 1.807) is 10.8 Å². The quantitative estimate of drug-likeness (QED) is 0.910. The van der Waals surface area contributed by atoms with E-state index >= 15 is 0 Å². The van der Waals surface area contributed by atoms with Crippen molar-refractivity contribution < 1.29 is 18.0 Å². The highest BCUT2D eigenvalue weighted by Gasteiger charge is 2.64. The standard InChI is InChI=1S/C11H12BrF3N2O/c1-2-17-6-7(12)5-8(17)9(18)16-10(3-4-10)11(13,14)15/h5-6H,2-4H2,1H3,(H,16,18). The average molecular weight is 325 g/mol. The van der Waals surface area contributed by atoms with E-state index in [1.165, 1.54) is 6.07 Å². The summed E-state index contributed by atoms with van der Waals surface area (Å²) in [5.41, 5.74) is -1.78. The lowest BCUT2D eigenvalue weighted by molar-refractivity contribution is -0.163. The van der Waals surface area contributed by atoms with Crippen molar-refractivity contribution in [3.8, 4) is 0 Å². The summed E-state index contributed by atoms with van der Waals surface area (Å²) in [4.78, 5) is 11.9. The van der Waals surface area contributed by atoms with Gasteiger partial charge in [-0.15, -0.1) is 0 Å². The van der Waals surface area contributed by atoms with Crippen LogP contribution in [0.1, 0.15) is 30.3 Å². The van der Waals surface area contributed by atoms with Gasteiger partial charge in [0.2, 0.25) is 0 Å². The van der Waals surface area contributed by atoms with Crippen LogP contribution in [-0.4, -0.2) is 22.2 Å². The van der Waals surface area contributed by atoms with Gasteiger partial charge in [-0.25, -0.2) is 0 Å². The summed E-state index contributed by atoms with van der Waals surface area (Å²) in [5, 5.41) is 2.11. The number of hydrogen-bond donors (Lipinski definition) is 1. The fourth-order valence-electron chi connectivity index (χ4n) is 1.81. The van der Waals surface area contributed by atoms with E-state index in [4.69, 9.17) is 0 Å². The minimum Gasteiger partial charge on any atom is -0.343 e. The van der Waals surface area contributed by atoms with Crippen LogP contribution in [0, 0.1) is 0 Å². The third-order valence-corrected chi connectivity index (χ3v) is 3.52. The molecule has 18 heavy (non-hydrogen) atoms. The molecule has 0 aliphatic heterocycles. The van der Waals surface area contributed by atoms with E-state index in [0.29, 0.717) is 11.0 Å². The van der Waals surface area contributed by atoms with Crippen LogP contribution in [0.4, 0.5) is 13.2 Å². The normalized spacial score (nSPS) is 17.6. The number of nitrogens with one attached hydrogen (secondary N) is 1. The Morgan fingerprint density at radius 1 is 1.56 bits per heavy atom. The summed E-state index contributed by atoms with van der Waals surface area (Å²) in [7, 11) is 0. The number of aromatic nitrogens is 1. The van der Waals surface area contributed by atoms with Crippen LogP contribution in [0.3, 0.4) is 0 Å². The number of hydrogen-bond acceptors (Lipinski definition) is 1. The smallest absolute Gasteiger partial charge is 0.343 e. The average Bonchev–Trinajstić information content (AvgIpc) is 2.94. The highest BCUT2D eigenvalue weighted by molar-refractivity contribution is 9.10. The number of nitrogens with zero attached hydrogens (tertiary/aromatic N) is 1. The predicted molar refractivity (Wildman–Crippen MR) is 63.3 cm³/mol. The van der Waals surface area contributed by atoms with E-state index in [-0.39, 0.29) is 18.5 Å². The van der Waals surface area contributed by atoms with Gasteiger partial charge in [0.25, 0.3) is 5.91 Å². The molecule has 1 N–H and O–H groups in total. The molecule has 0 bridgehead atoms. The maximum absolute atomic E-state index is 12.7. The molecule has 0 atom stereocenters. The van der Waals surface area contributed by atoms with E-state index in [9.17, 15) is 18.0 Å². The van der Waals surface area contributed by atoms with Crippen molar-refractivity contribution >= 4 is 21.8 Å². The summed E-state index contributed by atoms with van der Waals surface area (Å²) >= 11 is 3.20. The SMILES string of the molecule is CCn1cc(Br)cc1C(=O)NC1(C(F)(F)F)CC1. The number of rotatable bonds is 3. The number of carbonyl (C=O) groups is 1. The van der Waals surface area contributed by atoms with Gasteiger partial charge in [0.1, 0.15) is 11.2 Å². The highest BCUT2D eigenvalue weighted by atomic mass is 79.9. The van der Waals surface area contributed by atoms with Gasteiger partial charge in [-0.1, -0.05) is 0 Å². The fourth-order valence-corrected chi connectivity index (χ4v) is 2.28. The van der Waals surface area contributed by atoms with Crippen molar-refractivity contribution in [1.82, 2.24) is 9.88 Å². The Bertz CT molecular complexity index is 477. The Kier molecular flexibility index (Phi) is 3.21. The summed E-state index contributed by atoms with van der Waals surface area (Å²) in [6.45, 7) is 2.34. The fraction of sp³-hybridized carbons (Fsp3) is 0.545. The summed E-state index contributed by atoms with van der Waals surface area (Å²) in [5.74, 6) is -0.683. The van der Waals surface area contributed by atoms with Crippen molar-refractivity contribution in [3.05, 3.63) is 22.4 Å². The third-order valence-electron chi connectivity index (χ3n) is 3.08. The van der Waals surface area contributed by atoms with E-state index in [1.807, 2.05) is 6.92 Å². The summed E-state index contributed by atoms with van der Waals surface area (Å²) in [6.07, 6.45) is -2.81. The second kappa shape index (κ2) is 4.29. The Morgan fingerprint density at radius 2 is 2.17 bits per heavy atom. The molecule has 0 aromatic carbocycles. The minimum atomic E-state index is -4.39. The molecular weight excluding hydrogens is 313 g/mol. The lowest BCUT2D eigenvalue weighted by atomic mass is 10.2. The number of carbonyl (C=O) groups excluding carboxylic acids is 1. The number of alkyl halides is 3. The topological polar surface area (TPSA) is 34.0 Å². The number of aryl methyl sites for hydroxylation is 1. The Balaban J connectivity index is 2.18. The molecule has 1 aromatic heterocycles. The maximum Gasteiger partial charge on any atom is 0.411 e. The predicted octanol–water partition coefficient (Wildman–Crippen LogP) is 3.10. The molecule has 0 saturated heterocycles. The monoisotopic (exact) mass is 324 g/mol. The Morgan fingerprint density at radius 3 is 2.61 bits per heavy atom. The summed E-state index contributed by atoms with van der Waals surface area (Å²) < 4.78 is 40.5. The lowest BCUT2D eigenvalue weighted by Crippen LogP contribution is -2.48. The lowest BCUT2D eigenvalue weighted by Gasteiger charge is -2.20. The first-order valence-electron chi connectivity index (χ1n) is 5.54. The first-order valence-corrected chi connectivity index (χ1v) is 6.33. The van der Waals surface area contributed by atoms with Crippen molar-refractivity contribution in [2.24, 2.45) is 0 Å². The molecule has 1 aromatic rings. The van der Waals surface area contributed by atoms with Gasteiger partial charge in [-0.3, -0.25) is 4.79 Å². The molecule has 1 aliphatic carbocycles. The molecule has 1 heterocycles. The molecule has 2 rings (SSSR count). The third kappa shape index (κ3) is 2.28. The van der Waals surface area contributed by atoms with Gasteiger partial charge in [-0.2, -0.15) is 13.2 Å². The van der Waals surface area contributed by atoms with Crippen LogP contribution in [-0.2, 0) is 6.54 Å². The molecule has 1 amide bonds. The molecule has 7 heteroatoms. The largest absolute Gasteiger partial charge is 0.411 e. The number of halogens is 4. The van der Waals surface area contributed by atoms with Gasteiger partial charge in [0.15, 0.2) is 0 Å². The van der Waals surface area contributed by atoms with Crippen LogP contribution in [0.15, 0.2) is 16.7 Å². The summed E-state index contributed by atoms with van der Waals surface area (Å²) in [6, 6.07) is 1.52. The van der Waals surface area contributed by atoms with Crippen LogP contribution >= 0.6 is 15.9 Å². The zero-order valence-corrected chi connectivity index (χ0v) is 11.2. The minimum absolute atomic E-state index is 0.0454. The second-order valence-corrected chi connectivity index (χ2v) is 5.28. The Labute approximate surface area is 110 Å². The van der Waals surface area contributed by atoms with Crippen LogP contribution in [0.25, 0.3) is 0 Å². The van der Waals surface area contributed by atoms with Crippen LogP contribution in [0.5, 0.6) is 0 Å². The molecular formula is C11H12BrF3N2O. The van der Waals surface area contributed by atoms with Gasteiger partial charge in [-0.05, 0) is 41.8 Å². The van der Waals surface area contributed by atoms with Crippen molar-refractivity contribution in [2.75, 3.05) is 0 Å². The molecule has 3 nitrogen and oxygen atoms in total. The van der Waals surface area contributed by atoms with Crippen molar-refractivity contribution in [2.45, 2.75) is 38.0 Å². The van der Waals surface area contributed by atoms with Gasteiger partial charge >= 0.3 is 6.18 Å². The first kappa shape index (κ1) is 13.5. The molecule has 0 unspecified atom stereocenters. The molecule has 100 valence electrons.